The maximum Gasteiger partial charge on any atom is 0.163 e. The lowest BCUT2D eigenvalue weighted by molar-refractivity contribution is 0.462. The van der Waals surface area contributed by atoms with Gasteiger partial charge in [0.15, 0.2) is 11.6 Å². The second kappa shape index (κ2) is 6.18. The Morgan fingerprint density at radius 2 is 2.05 bits per heavy atom. The number of nitrogens with two attached hydrogens (primary N) is 1. The molecule has 0 aliphatic carbocycles. The van der Waals surface area contributed by atoms with Crippen LogP contribution in [0.3, 0.4) is 0 Å². The number of hydrogen-bond acceptors (Lipinski definition) is 3. The standard InChI is InChI=1S/C13H12BrF2N3/c14-8-4-5-9(18-7-8)6-12(19-17)10-2-1-3-11(15)13(10)16/h1-5,7,12,19H,6,17H2. The Labute approximate surface area is 117 Å². The van der Waals surface area contributed by atoms with E-state index in [0.717, 1.165) is 16.2 Å². The Morgan fingerprint density at radius 3 is 2.68 bits per heavy atom. The number of rotatable bonds is 4. The number of halogens is 3. The zero-order valence-electron chi connectivity index (χ0n) is 9.91. The SMILES string of the molecule is NNC(Cc1ccc(Br)cn1)c1cccc(F)c1F. The molecule has 0 aliphatic heterocycles. The Balaban J connectivity index is 2.25. The van der Waals surface area contributed by atoms with Crippen LogP contribution in [0.25, 0.3) is 0 Å². The summed E-state index contributed by atoms with van der Waals surface area (Å²) in [5.41, 5.74) is 3.41. The minimum Gasteiger partial charge on any atom is -0.271 e. The summed E-state index contributed by atoms with van der Waals surface area (Å²) in [5, 5.41) is 0. The number of aromatic nitrogens is 1. The van der Waals surface area contributed by atoms with E-state index in [9.17, 15) is 8.78 Å². The summed E-state index contributed by atoms with van der Waals surface area (Å²) in [6, 6.07) is 7.12. The van der Waals surface area contributed by atoms with E-state index in [0.29, 0.717) is 6.42 Å². The molecule has 3 N–H and O–H groups in total. The van der Waals surface area contributed by atoms with Gasteiger partial charge in [0.25, 0.3) is 0 Å². The Hall–Kier alpha value is -1.37. The molecule has 0 saturated carbocycles. The van der Waals surface area contributed by atoms with Crippen molar-refractivity contribution in [3.8, 4) is 0 Å². The number of nitrogens with zero attached hydrogens (tertiary/aromatic N) is 1. The molecule has 1 atom stereocenters. The zero-order valence-corrected chi connectivity index (χ0v) is 11.5. The van der Waals surface area contributed by atoms with Crippen molar-refractivity contribution < 1.29 is 8.78 Å². The maximum atomic E-state index is 13.7. The molecule has 100 valence electrons. The number of benzene rings is 1. The van der Waals surface area contributed by atoms with E-state index in [1.165, 1.54) is 12.1 Å². The highest BCUT2D eigenvalue weighted by molar-refractivity contribution is 9.10. The third kappa shape index (κ3) is 3.34. The highest BCUT2D eigenvalue weighted by Gasteiger charge is 2.18. The van der Waals surface area contributed by atoms with Crippen LogP contribution >= 0.6 is 15.9 Å². The van der Waals surface area contributed by atoms with Gasteiger partial charge >= 0.3 is 0 Å². The Kier molecular flexibility index (Phi) is 4.57. The van der Waals surface area contributed by atoms with Gasteiger partial charge in [-0.1, -0.05) is 12.1 Å². The van der Waals surface area contributed by atoms with Crippen molar-refractivity contribution in [1.29, 1.82) is 0 Å². The molecule has 0 spiro atoms. The van der Waals surface area contributed by atoms with Gasteiger partial charge in [-0.15, -0.1) is 0 Å². The summed E-state index contributed by atoms with van der Waals surface area (Å²) in [6.45, 7) is 0. The zero-order chi connectivity index (χ0) is 13.8. The molecule has 3 nitrogen and oxygen atoms in total. The minimum atomic E-state index is -0.887. The van der Waals surface area contributed by atoms with Crippen LogP contribution in [-0.2, 0) is 6.42 Å². The molecule has 0 fully saturated rings. The number of nitrogens with one attached hydrogen (secondary N) is 1. The quantitative estimate of drug-likeness (QED) is 0.670. The molecule has 1 aromatic carbocycles. The van der Waals surface area contributed by atoms with E-state index in [2.05, 4.69) is 26.3 Å². The lowest BCUT2D eigenvalue weighted by Crippen LogP contribution is -2.30. The van der Waals surface area contributed by atoms with Gasteiger partial charge in [0.1, 0.15) is 0 Å². The van der Waals surface area contributed by atoms with Crippen molar-refractivity contribution in [2.75, 3.05) is 0 Å². The predicted octanol–water partition coefficient (Wildman–Crippen LogP) is 2.87. The molecule has 0 bridgehead atoms. The number of hydrazine groups is 1. The fourth-order valence-electron chi connectivity index (χ4n) is 1.78. The fraction of sp³-hybridized carbons (Fsp3) is 0.154. The average molecular weight is 328 g/mol. The summed E-state index contributed by atoms with van der Waals surface area (Å²) in [5.74, 6) is 3.65. The van der Waals surface area contributed by atoms with Gasteiger partial charge in [-0.3, -0.25) is 16.3 Å². The molecule has 0 radical (unpaired) electrons. The van der Waals surface area contributed by atoms with Gasteiger partial charge in [-0.05, 0) is 34.1 Å². The lowest BCUT2D eigenvalue weighted by atomic mass is 10.0. The molecule has 2 rings (SSSR count). The Bertz CT molecular complexity index is 560. The second-order valence-electron chi connectivity index (χ2n) is 4.03. The van der Waals surface area contributed by atoms with Gasteiger partial charge < -0.3 is 0 Å². The maximum absolute atomic E-state index is 13.7. The van der Waals surface area contributed by atoms with Crippen LogP contribution in [0.5, 0.6) is 0 Å². The lowest BCUT2D eigenvalue weighted by Gasteiger charge is -2.16. The normalized spacial score (nSPS) is 12.4. The van der Waals surface area contributed by atoms with Crippen LogP contribution in [-0.4, -0.2) is 4.98 Å². The summed E-state index contributed by atoms with van der Waals surface area (Å²) in [7, 11) is 0. The van der Waals surface area contributed by atoms with Crippen molar-refractivity contribution in [3.05, 3.63) is 63.9 Å². The monoisotopic (exact) mass is 327 g/mol. The molecule has 1 heterocycles. The largest absolute Gasteiger partial charge is 0.271 e. The molecule has 1 aromatic heterocycles. The molecule has 0 amide bonds. The van der Waals surface area contributed by atoms with Crippen molar-refractivity contribution in [1.82, 2.24) is 10.4 Å². The highest BCUT2D eigenvalue weighted by atomic mass is 79.9. The number of pyridine rings is 1. The van der Waals surface area contributed by atoms with Gasteiger partial charge in [0.2, 0.25) is 0 Å². The van der Waals surface area contributed by atoms with Crippen molar-refractivity contribution in [3.63, 3.8) is 0 Å². The summed E-state index contributed by atoms with van der Waals surface area (Å²) < 4.78 is 27.8. The van der Waals surface area contributed by atoms with E-state index in [4.69, 9.17) is 5.84 Å². The van der Waals surface area contributed by atoms with Gasteiger partial charge in [0.05, 0.1) is 6.04 Å². The van der Waals surface area contributed by atoms with Gasteiger partial charge in [-0.2, -0.15) is 0 Å². The summed E-state index contributed by atoms with van der Waals surface area (Å²) >= 11 is 3.28. The fourth-order valence-corrected chi connectivity index (χ4v) is 2.02. The first-order chi connectivity index (χ1) is 9.11. The average Bonchev–Trinajstić information content (AvgIpc) is 2.42. The molecule has 6 heteroatoms. The van der Waals surface area contributed by atoms with Crippen LogP contribution in [0, 0.1) is 11.6 Å². The third-order valence-electron chi connectivity index (χ3n) is 2.76. The molecule has 0 aliphatic rings. The van der Waals surface area contributed by atoms with Crippen LogP contribution < -0.4 is 11.3 Å². The molecular formula is C13H12BrF2N3. The highest BCUT2D eigenvalue weighted by Crippen LogP contribution is 2.22. The van der Waals surface area contributed by atoms with E-state index in [1.54, 1.807) is 12.3 Å². The molecule has 2 aromatic rings. The second-order valence-corrected chi connectivity index (χ2v) is 4.95. The molecule has 19 heavy (non-hydrogen) atoms. The van der Waals surface area contributed by atoms with Gasteiger partial charge in [0, 0.05) is 28.3 Å². The molecule has 1 unspecified atom stereocenters. The third-order valence-corrected chi connectivity index (χ3v) is 3.23. The van der Waals surface area contributed by atoms with Crippen LogP contribution in [0.4, 0.5) is 8.78 Å². The summed E-state index contributed by atoms with van der Waals surface area (Å²) in [4.78, 5) is 4.18. The van der Waals surface area contributed by atoms with Crippen LogP contribution in [0.15, 0.2) is 41.0 Å². The topological polar surface area (TPSA) is 50.9 Å². The Morgan fingerprint density at radius 1 is 1.26 bits per heavy atom. The predicted molar refractivity (Wildman–Crippen MR) is 72.1 cm³/mol. The van der Waals surface area contributed by atoms with E-state index < -0.39 is 17.7 Å². The first-order valence-electron chi connectivity index (χ1n) is 5.62. The van der Waals surface area contributed by atoms with Crippen molar-refractivity contribution in [2.24, 2.45) is 5.84 Å². The molecule has 0 saturated heterocycles. The van der Waals surface area contributed by atoms with Crippen LogP contribution in [0.1, 0.15) is 17.3 Å². The smallest absolute Gasteiger partial charge is 0.163 e. The van der Waals surface area contributed by atoms with Gasteiger partial charge in [-0.25, -0.2) is 8.78 Å². The number of hydrogen-bond donors (Lipinski definition) is 2. The molecular weight excluding hydrogens is 316 g/mol. The minimum absolute atomic E-state index is 0.187. The first kappa shape index (κ1) is 14.0. The van der Waals surface area contributed by atoms with E-state index >= 15 is 0 Å². The first-order valence-corrected chi connectivity index (χ1v) is 6.41. The van der Waals surface area contributed by atoms with Crippen LogP contribution in [0.2, 0.25) is 0 Å². The van der Waals surface area contributed by atoms with E-state index in [1.807, 2.05) is 6.07 Å². The van der Waals surface area contributed by atoms with Crippen molar-refractivity contribution >= 4 is 15.9 Å². The van der Waals surface area contributed by atoms with Crippen molar-refractivity contribution in [2.45, 2.75) is 12.5 Å². The van der Waals surface area contributed by atoms with E-state index in [-0.39, 0.29) is 5.56 Å². The summed E-state index contributed by atoms with van der Waals surface area (Å²) in [6.07, 6.45) is 2.01.